The predicted octanol–water partition coefficient (Wildman–Crippen LogP) is 2.45. The van der Waals surface area contributed by atoms with E-state index in [-0.39, 0.29) is 12.5 Å². The van der Waals surface area contributed by atoms with Crippen molar-refractivity contribution >= 4 is 17.6 Å². The molecule has 0 saturated carbocycles. The number of esters is 1. The van der Waals surface area contributed by atoms with Crippen molar-refractivity contribution in [3.8, 4) is 0 Å². The Morgan fingerprint density at radius 3 is 2.52 bits per heavy atom. The summed E-state index contributed by atoms with van der Waals surface area (Å²) in [7, 11) is 1.80. The minimum absolute atomic E-state index is 0.333. The highest BCUT2D eigenvalue weighted by atomic mass is 16.5. The molecule has 0 unspecified atom stereocenters. The maximum Gasteiger partial charge on any atom is 0.338 e. The number of carbonyl (C=O) groups excluding carboxylic acids is 2. The Labute approximate surface area is 135 Å². The molecular weight excluding hydrogens is 294 g/mol. The van der Waals surface area contributed by atoms with Crippen LogP contribution in [0.25, 0.3) is 0 Å². The van der Waals surface area contributed by atoms with E-state index in [1.807, 2.05) is 39.8 Å². The summed E-state index contributed by atoms with van der Waals surface area (Å²) < 4.78 is 6.79. The predicted molar refractivity (Wildman–Crippen MR) is 87.5 cm³/mol. The van der Waals surface area contributed by atoms with Crippen molar-refractivity contribution in [2.75, 3.05) is 11.9 Å². The fraction of sp³-hybridized carbons (Fsp3) is 0.353. The molecule has 0 bridgehead atoms. The second-order valence-electron chi connectivity index (χ2n) is 5.61. The van der Waals surface area contributed by atoms with Crippen molar-refractivity contribution < 1.29 is 14.3 Å². The number of hydrogen-bond donors (Lipinski definition) is 1. The van der Waals surface area contributed by atoms with E-state index in [4.69, 9.17) is 4.74 Å². The average Bonchev–Trinajstić information content (AvgIpc) is 2.73. The Balaban J connectivity index is 1.99. The van der Waals surface area contributed by atoms with Crippen LogP contribution in [0.3, 0.4) is 0 Å². The lowest BCUT2D eigenvalue weighted by Crippen LogP contribution is -2.22. The third-order valence-electron chi connectivity index (χ3n) is 3.72. The first kappa shape index (κ1) is 16.7. The quantitative estimate of drug-likeness (QED) is 0.880. The molecule has 0 aliphatic rings. The van der Waals surface area contributed by atoms with Crippen LogP contribution in [0.15, 0.2) is 18.2 Å². The van der Waals surface area contributed by atoms with E-state index in [0.717, 1.165) is 22.5 Å². The molecule has 6 heteroatoms. The molecule has 1 N–H and O–H groups in total. The first-order valence-corrected chi connectivity index (χ1v) is 7.34. The summed E-state index contributed by atoms with van der Waals surface area (Å²) in [6.45, 7) is 7.07. The van der Waals surface area contributed by atoms with Crippen molar-refractivity contribution in [2.24, 2.45) is 7.05 Å². The van der Waals surface area contributed by atoms with Crippen LogP contribution in [0.2, 0.25) is 0 Å². The summed E-state index contributed by atoms with van der Waals surface area (Å²) in [5.74, 6) is -0.885. The fourth-order valence-corrected chi connectivity index (χ4v) is 2.29. The summed E-state index contributed by atoms with van der Waals surface area (Å²) in [5, 5.41) is 6.95. The first-order valence-electron chi connectivity index (χ1n) is 7.34. The Hall–Kier alpha value is -2.63. The lowest BCUT2D eigenvalue weighted by molar-refractivity contribution is -0.119. The molecule has 0 aliphatic heterocycles. The molecule has 0 fully saturated rings. The van der Waals surface area contributed by atoms with Gasteiger partial charge < -0.3 is 10.1 Å². The number of hydrogen-bond acceptors (Lipinski definition) is 4. The highest BCUT2D eigenvalue weighted by molar-refractivity contribution is 5.96. The van der Waals surface area contributed by atoms with Gasteiger partial charge >= 0.3 is 5.97 Å². The number of ether oxygens (including phenoxy) is 1. The van der Waals surface area contributed by atoms with Gasteiger partial charge in [0.2, 0.25) is 0 Å². The van der Waals surface area contributed by atoms with Gasteiger partial charge in [-0.2, -0.15) is 5.10 Å². The van der Waals surface area contributed by atoms with E-state index < -0.39 is 5.97 Å². The molecule has 0 atom stereocenters. The number of aromatic nitrogens is 2. The summed E-state index contributed by atoms with van der Waals surface area (Å²) in [5.41, 5.74) is 4.48. The normalized spacial score (nSPS) is 10.5. The van der Waals surface area contributed by atoms with Gasteiger partial charge in [0.15, 0.2) is 6.61 Å². The molecular formula is C17H21N3O3. The summed E-state index contributed by atoms with van der Waals surface area (Å²) in [6.07, 6.45) is 0. The van der Waals surface area contributed by atoms with Crippen LogP contribution in [-0.4, -0.2) is 28.3 Å². The number of benzene rings is 1. The van der Waals surface area contributed by atoms with Gasteiger partial charge in [-0.25, -0.2) is 4.79 Å². The van der Waals surface area contributed by atoms with E-state index in [0.29, 0.717) is 11.3 Å². The fourth-order valence-electron chi connectivity index (χ4n) is 2.29. The summed E-state index contributed by atoms with van der Waals surface area (Å²) in [6, 6.07) is 5.53. The van der Waals surface area contributed by atoms with E-state index >= 15 is 0 Å². The topological polar surface area (TPSA) is 73.2 Å². The van der Waals surface area contributed by atoms with Gasteiger partial charge in [0.1, 0.15) is 0 Å². The molecule has 1 heterocycles. The van der Waals surface area contributed by atoms with Crippen LogP contribution in [0.4, 0.5) is 5.69 Å². The number of aryl methyl sites for hydroxylation is 4. The average molecular weight is 315 g/mol. The SMILES string of the molecule is Cc1ccc(C)c(C(=O)OCC(=O)Nc2c(C)nn(C)c2C)c1. The van der Waals surface area contributed by atoms with Crippen LogP contribution >= 0.6 is 0 Å². The molecule has 122 valence electrons. The van der Waals surface area contributed by atoms with Gasteiger partial charge in [-0.3, -0.25) is 9.48 Å². The molecule has 6 nitrogen and oxygen atoms in total. The van der Waals surface area contributed by atoms with Crippen molar-refractivity contribution in [3.63, 3.8) is 0 Å². The van der Waals surface area contributed by atoms with Gasteiger partial charge in [0.25, 0.3) is 5.91 Å². The van der Waals surface area contributed by atoms with E-state index in [1.165, 1.54) is 0 Å². The highest BCUT2D eigenvalue weighted by Crippen LogP contribution is 2.18. The second-order valence-corrected chi connectivity index (χ2v) is 5.61. The van der Waals surface area contributed by atoms with Gasteiger partial charge in [0.05, 0.1) is 22.6 Å². The molecule has 23 heavy (non-hydrogen) atoms. The largest absolute Gasteiger partial charge is 0.452 e. The Morgan fingerprint density at radius 1 is 1.22 bits per heavy atom. The van der Waals surface area contributed by atoms with Crippen molar-refractivity contribution in [1.82, 2.24) is 9.78 Å². The number of anilines is 1. The first-order chi connectivity index (χ1) is 10.8. The van der Waals surface area contributed by atoms with Gasteiger partial charge in [-0.1, -0.05) is 17.7 Å². The van der Waals surface area contributed by atoms with Gasteiger partial charge in [0, 0.05) is 7.05 Å². The molecule has 1 aromatic heterocycles. The Kier molecular flexibility index (Phi) is 4.83. The minimum atomic E-state index is -0.499. The Morgan fingerprint density at radius 2 is 1.91 bits per heavy atom. The second kappa shape index (κ2) is 6.64. The highest BCUT2D eigenvalue weighted by Gasteiger charge is 2.16. The molecule has 0 spiro atoms. The zero-order valence-corrected chi connectivity index (χ0v) is 14.1. The minimum Gasteiger partial charge on any atom is -0.452 e. The molecule has 0 radical (unpaired) electrons. The smallest absolute Gasteiger partial charge is 0.338 e. The molecule has 2 rings (SSSR count). The third-order valence-corrected chi connectivity index (χ3v) is 3.72. The van der Waals surface area contributed by atoms with Crippen LogP contribution < -0.4 is 5.32 Å². The molecule has 1 aromatic carbocycles. The third kappa shape index (κ3) is 3.77. The molecule has 2 aromatic rings. The Bertz CT molecular complexity index is 763. The van der Waals surface area contributed by atoms with E-state index in [2.05, 4.69) is 10.4 Å². The molecule has 0 aliphatic carbocycles. The number of carbonyl (C=O) groups is 2. The number of nitrogens with one attached hydrogen (secondary N) is 1. The maximum atomic E-state index is 12.1. The van der Waals surface area contributed by atoms with E-state index in [1.54, 1.807) is 17.8 Å². The summed E-state index contributed by atoms with van der Waals surface area (Å²) in [4.78, 5) is 24.1. The lowest BCUT2D eigenvalue weighted by Gasteiger charge is -2.09. The number of nitrogens with zero attached hydrogens (tertiary/aromatic N) is 2. The zero-order chi connectivity index (χ0) is 17.1. The molecule has 1 amide bonds. The van der Waals surface area contributed by atoms with Crippen molar-refractivity contribution in [3.05, 3.63) is 46.3 Å². The number of amides is 1. The van der Waals surface area contributed by atoms with Crippen molar-refractivity contribution in [2.45, 2.75) is 27.7 Å². The standard InChI is InChI=1S/C17H21N3O3/c1-10-6-7-11(2)14(8-10)17(22)23-9-15(21)18-16-12(3)19-20(5)13(16)4/h6-8H,9H2,1-5H3,(H,18,21). The van der Waals surface area contributed by atoms with Crippen LogP contribution in [0.1, 0.15) is 32.9 Å². The van der Waals surface area contributed by atoms with E-state index in [9.17, 15) is 9.59 Å². The molecule has 0 saturated heterocycles. The monoisotopic (exact) mass is 315 g/mol. The van der Waals surface area contributed by atoms with Gasteiger partial charge in [-0.15, -0.1) is 0 Å². The van der Waals surface area contributed by atoms with Gasteiger partial charge in [-0.05, 0) is 39.3 Å². The summed E-state index contributed by atoms with van der Waals surface area (Å²) >= 11 is 0. The van der Waals surface area contributed by atoms with Crippen LogP contribution in [0.5, 0.6) is 0 Å². The lowest BCUT2D eigenvalue weighted by atomic mass is 10.1. The van der Waals surface area contributed by atoms with Crippen molar-refractivity contribution in [1.29, 1.82) is 0 Å². The number of rotatable bonds is 4. The van der Waals surface area contributed by atoms with Crippen LogP contribution in [-0.2, 0) is 16.6 Å². The maximum absolute atomic E-state index is 12.1. The zero-order valence-electron chi connectivity index (χ0n) is 14.1. The van der Waals surface area contributed by atoms with Crippen LogP contribution in [0, 0.1) is 27.7 Å².